The molecule has 0 spiro atoms. The maximum absolute atomic E-state index is 9.10. The van der Waals surface area contributed by atoms with E-state index in [1.165, 1.54) is 0 Å². The van der Waals surface area contributed by atoms with Gasteiger partial charge in [-0.2, -0.15) is 4.98 Å². The van der Waals surface area contributed by atoms with Crippen LogP contribution in [0.4, 0.5) is 0 Å². The zero-order chi connectivity index (χ0) is 21.0. The second kappa shape index (κ2) is 8.38. The maximum atomic E-state index is 9.10. The van der Waals surface area contributed by atoms with Crippen molar-refractivity contribution in [1.29, 1.82) is 0 Å². The zero-order valence-corrected chi connectivity index (χ0v) is 15.8. The molecule has 0 atom stereocenters. The summed E-state index contributed by atoms with van der Waals surface area (Å²) in [6.45, 7) is 2.01. The number of H-pyrrole nitrogens is 1. The second-order valence-corrected chi connectivity index (χ2v) is 6.27. The predicted octanol–water partition coefficient (Wildman–Crippen LogP) is 2.20. The summed E-state index contributed by atoms with van der Waals surface area (Å²) >= 11 is 0. The first-order valence-electron chi connectivity index (χ1n) is 8.69. The molecule has 0 saturated heterocycles. The number of benzene rings is 1. The Morgan fingerprint density at radius 2 is 1.90 bits per heavy atom. The Bertz CT molecular complexity index is 1140. The van der Waals surface area contributed by atoms with E-state index in [1.807, 2.05) is 32.3 Å². The van der Waals surface area contributed by atoms with Gasteiger partial charge in [0.05, 0.1) is 12.0 Å². The van der Waals surface area contributed by atoms with E-state index in [-0.39, 0.29) is 0 Å². The monoisotopic (exact) mass is 397 g/mol. The minimum absolute atomic E-state index is 0.635. The van der Waals surface area contributed by atoms with E-state index in [4.69, 9.17) is 24.3 Å². The van der Waals surface area contributed by atoms with Gasteiger partial charge in [0, 0.05) is 48.2 Å². The summed E-state index contributed by atoms with van der Waals surface area (Å²) in [7, 11) is 2.02. The van der Waals surface area contributed by atoms with E-state index in [0.29, 0.717) is 18.1 Å². The van der Waals surface area contributed by atoms with Crippen LogP contribution in [0.5, 0.6) is 0 Å². The number of imidazole rings is 1. The maximum Gasteiger partial charge on any atom is 0.414 e. The van der Waals surface area contributed by atoms with Crippen molar-refractivity contribution < 1.29 is 24.3 Å². The third-order valence-corrected chi connectivity index (χ3v) is 4.30. The number of carboxylic acids is 2. The molecule has 10 heteroatoms. The number of nitrogens with one attached hydrogen (secondary N) is 1. The number of aromatic nitrogens is 5. The molecule has 0 radical (unpaired) electrons. The van der Waals surface area contributed by atoms with Gasteiger partial charge in [0.1, 0.15) is 0 Å². The lowest BCUT2D eigenvalue weighted by molar-refractivity contribution is -0.159. The van der Waals surface area contributed by atoms with Crippen LogP contribution >= 0.6 is 0 Å². The Balaban J connectivity index is 0.000000353. The number of aliphatic carboxylic acids is 2. The van der Waals surface area contributed by atoms with Crippen molar-refractivity contribution in [3.63, 3.8) is 0 Å². The SMILES string of the molecule is Cc1[nH]cnc1CCc1nc(-c2cn(C)c3ccccc23)no1.O=C(O)C(=O)O. The first-order valence-corrected chi connectivity index (χ1v) is 8.69. The van der Waals surface area contributed by atoms with Gasteiger partial charge in [-0.05, 0) is 13.0 Å². The lowest BCUT2D eigenvalue weighted by Crippen LogP contribution is -2.09. The number of hydrogen-bond acceptors (Lipinski definition) is 6. The summed E-state index contributed by atoms with van der Waals surface area (Å²) in [5.74, 6) is -2.38. The summed E-state index contributed by atoms with van der Waals surface area (Å²) in [6, 6.07) is 8.21. The summed E-state index contributed by atoms with van der Waals surface area (Å²) < 4.78 is 7.48. The molecule has 0 saturated carbocycles. The standard InChI is InChI=1S/C17H17N5O.C2H2O4/c1-11-14(19-10-18-11)7-8-16-20-17(21-23-16)13-9-22(2)15-6-4-3-5-12(13)15;3-1(4)2(5)6/h3-6,9-10H,7-8H2,1-2H3,(H,18,19);(H,3,4)(H,5,6). The van der Waals surface area contributed by atoms with E-state index in [9.17, 15) is 0 Å². The fourth-order valence-corrected chi connectivity index (χ4v) is 2.85. The molecule has 4 rings (SSSR count). The molecule has 0 aliphatic carbocycles. The molecule has 3 aromatic heterocycles. The third-order valence-electron chi connectivity index (χ3n) is 4.30. The number of aryl methyl sites for hydroxylation is 4. The smallest absolute Gasteiger partial charge is 0.414 e. The zero-order valence-electron chi connectivity index (χ0n) is 15.8. The number of aromatic amines is 1. The van der Waals surface area contributed by atoms with Gasteiger partial charge in [-0.1, -0.05) is 23.4 Å². The van der Waals surface area contributed by atoms with Crippen LogP contribution in [0.3, 0.4) is 0 Å². The number of carboxylic acid groups (broad SMARTS) is 2. The van der Waals surface area contributed by atoms with Crippen LogP contribution in [0.2, 0.25) is 0 Å². The van der Waals surface area contributed by atoms with Gasteiger partial charge < -0.3 is 24.3 Å². The molecular weight excluding hydrogens is 378 g/mol. The van der Waals surface area contributed by atoms with Gasteiger partial charge in [0.2, 0.25) is 11.7 Å². The van der Waals surface area contributed by atoms with Crippen molar-refractivity contribution in [2.24, 2.45) is 7.05 Å². The van der Waals surface area contributed by atoms with Crippen molar-refractivity contribution in [2.45, 2.75) is 19.8 Å². The highest BCUT2D eigenvalue weighted by Crippen LogP contribution is 2.28. The second-order valence-electron chi connectivity index (χ2n) is 6.27. The topological polar surface area (TPSA) is 147 Å². The van der Waals surface area contributed by atoms with E-state index in [2.05, 4.69) is 36.8 Å². The molecule has 1 aromatic carbocycles. The molecular formula is C19H19N5O5. The normalized spacial score (nSPS) is 10.6. The Morgan fingerprint density at radius 1 is 1.17 bits per heavy atom. The summed E-state index contributed by atoms with van der Waals surface area (Å²) in [4.78, 5) is 30.1. The minimum atomic E-state index is -1.82. The Labute approximate surface area is 164 Å². The molecule has 10 nitrogen and oxygen atoms in total. The van der Waals surface area contributed by atoms with Crippen LogP contribution in [-0.2, 0) is 29.5 Å². The van der Waals surface area contributed by atoms with Gasteiger partial charge in [0.15, 0.2) is 0 Å². The van der Waals surface area contributed by atoms with Crippen molar-refractivity contribution in [3.05, 3.63) is 54.1 Å². The molecule has 0 aliphatic rings. The summed E-state index contributed by atoms with van der Waals surface area (Å²) in [5, 5.41) is 20.1. The fraction of sp³-hybridized carbons (Fsp3) is 0.211. The van der Waals surface area contributed by atoms with Crippen LogP contribution in [0.25, 0.3) is 22.3 Å². The van der Waals surface area contributed by atoms with Crippen molar-refractivity contribution in [2.75, 3.05) is 0 Å². The molecule has 3 heterocycles. The number of fused-ring (bicyclic) bond motifs is 1. The van der Waals surface area contributed by atoms with Crippen LogP contribution < -0.4 is 0 Å². The van der Waals surface area contributed by atoms with Crippen molar-refractivity contribution in [3.8, 4) is 11.4 Å². The summed E-state index contributed by atoms with van der Waals surface area (Å²) in [5.41, 5.74) is 4.27. The molecule has 0 fully saturated rings. The molecule has 0 aliphatic heterocycles. The van der Waals surface area contributed by atoms with Gasteiger partial charge in [0.25, 0.3) is 0 Å². The highest BCUT2D eigenvalue weighted by Gasteiger charge is 2.15. The fourth-order valence-electron chi connectivity index (χ4n) is 2.85. The first-order chi connectivity index (χ1) is 13.9. The Kier molecular flexibility index (Phi) is 5.72. The average Bonchev–Trinajstić information content (AvgIpc) is 3.40. The quantitative estimate of drug-likeness (QED) is 0.444. The highest BCUT2D eigenvalue weighted by atomic mass is 16.5. The molecule has 0 bridgehead atoms. The first kappa shape index (κ1) is 19.8. The average molecular weight is 397 g/mol. The highest BCUT2D eigenvalue weighted by molar-refractivity contribution is 6.27. The lowest BCUT2D eigenvalue weighted by atomic mass is 10.1. The number of para-hydroxylation sites is 1. The molecule has 0 unspecified atom stereocenters. The van der Waals surface area contributed by atoms with Crippen molar-refractivity contribution >= 4 is 22.8 Å². The van der Waals surface area contributed by atoms with Crippen LogP contribution in [0.15, 0.2) is 41.3 Å². The van der Waals surface area contributed by atoms with Gasteiger partial charge >= 0.3 is 11.9 Å². The molecule has 3 N–H and O–H groups in total. The van der Waals surface area contributed by atoms with Gasteiger partial charge in [-0.3, -0.25) is 0 Å². The third kappa shape index (κ3) is 4.49. The Hall–Kier alpha value is -3.95. The summed E-state index contributed by atoms with van der Waals surface area (Å²) in [6.07, 6.45) is 5.22. The number of rotatable bonds is 4. The minimum Gasteiger partial charge on any atom is -0.473 e. The molecule has 4 aromatic rings. The van der Waals surface area contributed by atoms with E-state index < -0.39 is 11.9 Å². The van der Waals surface area contributed by atoms with Crippen LogP contribution in [0, 0.1) is 6.92 Å². The number of carbonyl (C=O) groups is 2. The predicted molar refractivity (Wildman–Crippen MR) is 102 cm³/mol. The van der Waals surface area contributed by atoms with Crippen molar-refractivity contribution in [1.82, 2.24) is 24.7 Å². The van der Waals surface area contributed by atoms with Crippen LogP contribution in [-0.4, -0.2) is 46.8 Å². The van der Waals surface area contributed by atoms with Crippen LogP contribution in [0.1, 0.15) is 17.3 Å². The Morgan fingerprint density at radius 3 is 2.55 bits per heavy atom. The molecule has 29 heavy (non-hydrogen) atoms. The van der Waals surface area contributed by atoms with E-state index >= 15 is 0 Å². The molecule has 0 amide bonds. The lowest BCUT2D eigenvalue weighted by Gasteiger charge is -1.94. The largest absolute Gasteiger partial charge is 0.473 e. The van der Waals surface area contributed by atoms with E-state index in [1.54, 1.807) is 6.33 Å². The van der Waals surface area contributed by atoms with E-state index in [0.717, 1.165) is 34.3 Å². The van der Waals surface area contributed by atoms with Gasteiger partial charge in [-0.25, -0.2) is 14.6 Å². The number of nitrogens with zero attached hydrogens (tertiary/aromatic N) is 4. The molecule has 150 valence electrons. The van der Waals surface area contributed by atoms with Gasteiger partial charge in [-0.15, -0.1) is 0 Å². The number of hydrogen-bond donors (Lipinski definition) is 3.